The number of rotatable bonds is 10. The lowest BCUT2D eigenvalue weighted by molar-refractivity contribution is -0.118. The van der Waals surface area contributed by atoms with Crippen LogP contribution in [0.3, 0.4) is 0 Å². The smallest absolute Gasteiger partial charge is 0.253 e. The summed E-state index contributed by atoms with van der Waals surface area (Å²) in [4.78, 5) is 20.9. The number of benzene rings is 1. The van der Waals surface area contributed by atoms with Crippen LogP contribution in [0.1, 0.15) is 35.9 Å². The standard InChI is InChI=1S/C21H25ClFN5O2S/c1-4-30-10-6-9-24-19(29)12-31-21-26-20-25-13(2)15(14(3)28(20)27-21)11-16-17(22)7-5-8-18(16)23/h5,7-8H,4,6,9-12H2,1-3H3,(H,24,29). The number of fused-ring (bicyclic) bond motifs is 1. The van der Waals surface area contributed by atoms with Gasteiger partial charge in [0.25, 0.3) is 5.78 Å². The van der Waals surface area contributed by atoms with Crippen molar-refractivity contribution in [1.82, 2.24) is 24.9 Å². The first-order chi connectivity index (χ1) is 14.9. The van der Waals surface area contributed by atoms with Crippen molar-refractivity contribution < 1.29 is 13.9 Å². The zero-order valence-corrected chi connectivity index (χ0v) is 19.3. The molecule has 0 radical (unpaired) electrons. The highest BCUT2D eigenvalue weighted by Gasteiger charge is 2.17. The SMILES string of the molecule is CCOCCCNC(=O)CSc1nc2nc(C)c(Cc3c(F)cccc3Cl)c(C)n2n1. The van der Waals surface area contributed by atoms with Gasteiger partial charge in [-0.2, -0.15) is 4.98 Å². The lowest BCUT2D eigenvalue weighted by Gasteiger charge is -2.12. The van der Waals surface area contributed by atoms with Gasteiger partial charge in [-0.3, -0.25) is 4.79 Å². The second-order valence-electron chi connectivity index (χ2n) is 6.93. The molecule has 2 aromatic heterocycles. The molecule has 1 N–H and O–H groups in total. The van der Waals surface area contributed by atoms with Crippen LogP contribution in [-0.4, -0.2) is 51.0 Å². The predicted octanol–water partition coefficient (Wildman–Crippen LogP) is 3.76. The highest BCUT2D eigenvalue weighted by Crippen LogP contribution is 2.25. The summed E-state index contributed by atoms with van der Waals surface area (Å²) in [7, 11) is 0. The molecule has 3 rings (SSSR count). The number of nitrogens with one attached hydrogen (secondary N) is 1. The first-order valence-corrected chi connectivity index (χ1v) is 11.4. The lowest BCUT2D eigenvalue weighted by atomic mass is 10.0. The molecular formula is C21H25ClFN5O2S. The van der Waals surface area contributed by atoms with Crippen molar-refractivity contribution >= 4 is 35.0 Å². The van der Waals surface area contributed by atoms with E-state index in [0.717, 1.165) is 23.4 Å². The summed E-state index contributed by atoms with van der Waals surface area (Å²) in [5.41, 5.74) is 2.81. The van der Waals surface area contributed by atoms with Crippen molar-refractivity contribution in [1.29, 1.82) is 0 Å². The normalized spacial score (nSPS) is 11.3. The Labute approximate surface area is 189 Å². The summed E-state index contributed by atoms with van der Waals surface area (Å²) in [6.07, 6.45) is 1.08. The number of carbonyl (C=O) groups excluding carboxylic acids is 1. The van der Waals surface area contributed by atoms with E-state index in [-0.39, 0.29) is 17.5 Å². The Balaban J connectivity index is 1.70. The van der Waals surface area contributed by atoms with Crippen molar-refractivity contribution in [2.24, 2.45) is 0 Å². The Morgan fingerprint density at radius 3 is 2.84 bits per heavy atom. The fourth-order valence-electron chi connectivity index (χ4n) is 3.11. The highest BCUT2D eigenvalue weighted by molar-refractivity contribution is 7.99. The van der Waals surface area contributed by atoms with Crippen molar-refractivity contribution in [3.8, 4) is 0 Å². The summed E-state index contributed by atoms with van der Waals surface area (Å²) in [6, 6.07) is 4.64. The monoisotopic (exact) mass is 465 g/mol. The van der Waals surface area contributed by atoms with Crippen LogP contribution < -0.4 is 5.32 Å². The third kappa shape index (κ3) is 5.93. The van der Waals surface area contributed by atoms with Gasteiger partial charge in [0.05, 0.1) is 5.75 Å². The molecule has 0 saturated heterocycles. The zero-order chi connectivity index (χ0) is 22.4. The molecule has 0 aliphatic heterocycles. The van der Waals surface area contributed by atoms with E-state index in [1.165, 1.54) is 17.8 Å². The van der Waals surface area contributed by atoms with Crippen LogP contribution in [0.25, 0.3) is 5.78 Å². The topological polar surface area (TPSA) is 81.4 Å². The van der Waals surface area contributed by atoms with Gasteiger partial charge >= 0.3 is 0 Å². The minimum absolute atomic E-state index is 0.0869. The zero-order valence-electron chi connectivity index (χ0n) is 17.7. The molecule has 0 spiro atoms. The number of nitrogens with zero attached hydrogens (tertiary/aromatic N) is 4. The van der Waals surface area contributed by atoms with E-state index in [9.17, 15) is 9.18 Å². The lowest BCUT2D eigenvalue weighted by Crippen LogP contribution is -2.26. The Hall–Kier alpha value is -2.23. The van der Waals surface area contributed by atoms with Gasteiger partial charge in [0.1, 0.15) is 5.82 Å². The summed E-state index contributed by atoms with van der Waals surface area (Å²) in [5.74, 6) is 0.212. The fraction of sp³-hybridized carbons (Fsp3) is 0.429. The molecule has 1 aromatic carbocycles. The van der Waals surface area contributed by atoms with Gasteiger partial charge in [-0.15, -0.1) is 5.10 Å². The number of aromatic nitrogens is 4. The molecule has 0 fully saturated rings. The molecule has 0 unspecified atom stereocenters. The molecule has 0 aliphatic rings. The van der Waals surface area contributed by atoms with Gasteiger partial charge in [0, 0.05) is 48.2 Å². The van der Waals surface area contributed by atoms with Crippen LogP contribution in [0.4, 0.5) is 4.39 Å². The molecule has 1 amide bonds. The van der Waals surface area contributed by atoms with E-state index in [2.05, 4.69) is 20.4 Å². The predicted molar refractivity (Wildman–Crippen MR) is 119 cm³/mol. The van der Waals surface area contributed by atoms with E-state index in [1.807, 2.05) is 20.8 Å². The van der Waals surface area contributed by atoms with E-state index in [0.29, 0.717) is 47.7 Å². The maximum absolute atomic E-state index is 14.3. The molecule has 0 saturated carbocycles. The average molecular weight is 466 g/mol. The van der Waals surface area contributed by atoms with Crippen molar-refractivity contribution in [3.05, 3.63) is 51.6 Å². The van der Waals surface area contributed by atoms with E-state index in [4.69, 9.17) is 16.3 Å². The van der Waals surface area contributed by atoms with E-state index < -0.39 is 0 Å². The van der Waals surface area contributed by atoms with Crippen molar-refractivity contribution in [2.75, 3.05) is 25.5 Å². The van der Waals surface area contributed by atoms with Crippen LogP contribution in [0.2, 0.25) is 5.02 Å². The second kappa shape index (κ2) is 10.9. The molecule has 31 heavy (non-hydrogen) atoms. The Morgan fingerprint density at radius 2 is 2.10 bits per heavy atom. The van der Waals surface area contributed by atoms with Crippen LogP contribution in [0.5, 0.6) is 0 Å². The van der Waals surface area contributed by atoms with Crippen LogP contribution in [-0.2, 0) is 16.0 Å². The quantitative estimate of drug-likeness (QED) is 0.362. The van der Waals surface area contributed by atoms with Gasteiger partial charge in [-0.25, -0.2) is 13.9 Å². The number of hydrogen-bond acceptors (Lipinski definition) is 6. The third-order valence-electron chi connectivity index (χ3n) is 4.77. The summed E-state index contributed by atoms with van der Waals surface area (Å²) in [5, 5.41) is 8.15. The number of amides is 1. The Morgan fingerprint density at radius 1 is 1.29 bits per heavy atom. The van der Waals surface area contributed by atoms with Crippen LogP contribution >= 0.6 is 23.4 Å². The summed E-state index contributed by atoms with van der Waals surface area (Å²) < 4.78 is 21.1. The highest BCUT2D eigenvalue weighted by atomic mass is 35.5. The molecule has 0 bridgehead atoms. The van der Waals surface area contributed by atoms with Gasteiger partial charge in [-0.1, -0.05) is 29.4 Å². The number of ether oxygens (including phenoxy) is 1. The Bertz CT molecular complexity index is 1060. The number of halogens is 2. The summed E-state index contributed by atoms with van der Waals surface area (Å²) in [6.45, 7) is 7.55. The largest absolute Gasteiger partial charge is 0.382 e. The van der Waals surface area contributed by atoms with Crippen LogP contribution in [0, 0.1) is 19.7 Å². The molecule has 10 heteroatoms. The van der Waals surface area contributed by atoms with Crippen molar-refractivity contribution in [3.63, 3.8) is 0 Å². The van der Waals surface area contributed by atoms with Gasteiger partial charge in [0.15, 0.2) is 0 Å². The van der Waals surface area contributed by atoms with Gasteiger partial charge in [-0.05, 0) is 44.9 Å². The molecule has 3 aromatic rings. The number of thioether (sulfide) groups is 1. The van der Waals surface area contributed by atoms with Crippen LogP contribution in [0.15, 0.2) is 23.4 Å². The first kappa shape index (κ1) is 23.4. The van der Waals surface area contributed by atoms with Gasteiger partial charge < -0.3 is 10.1 Å². The molecule has 2 heterocycles. The molecular weight excluding hydrogens is 441 g/mol. The molecule has 0 aliphatic carbocycles. The molecule has 7 nitrogen and oxygen atoms in total. The first-order valence-electron chi connectivity index (χ1n) is 10.0. The Kier molecular flexibility index (Phi) is 8.22. The molecule has 166 valence electrons. The second-order valence-corrected chi connectivity index (χ2v) is 8.28. The van der Waals surface area contributed by atoms with E-state index in [1.54, 1.807) is 16.6 Å². The number of hydrogen-bond donors (Lipinski definition) is 1. The number of aryl methyl sites for hydroxylation is 2. The minimum Gasteiger partial charge on any atom is -0.382 e. The molecule has 0 atom stereocenters. The summed E-state index contributed by atoms with van der Waals surface area (Å²) >= 11 is 7.44. The average Bonchev–Trinajstić information content (AvgIpc) is 3.14. The third-order valence-corrected chi connectivity index (χ3v) is 5.96. The van der Waals surface area contributed by atoms with Crippen molar-refractivity contribution in [2.45, 2.75) is 38.8 Å². The number of carbonyl (C=O) groups is 1. The van der Waals surface area contributed by atoms with E-state index >= 15 is 0 Å². The maximum atomic E-state index is 14.3. The maximum Gasteiger partial charge on any atom is 0.253 e. The minimum atomic E-state index is -0.353. The fourth-order valence-corrected chi connectivity index (χ4v) is 3.99. The van der Waals surface area contributed by atoms with Gasteiger partial charge in [0.2, 0.25) is 11.1 Å².